The Morgan fingerprint density at radius 2 is 2.08 bits per heavy atom. The third kappa shape index (κ3) is 3.35. The van der Waals surface area contributed by atoms with Gasteiger partial charge in [-0.2, -0.15) is 0 Å². The molecule has 1 unspecified atom stereocenters. The van der Waals surface area contributed by atoms with E-state index >= 15 is 0 Å². The first kappa shape index (κ1) is 12.4. The van der Waals surface area contributed by atoms with Crippen molar-refractivity contribution in [1.82, 2.24) is 0 Å². The van der Waals surface area contributed by atoms with Crippen LogP contribution in [0, 0.1) is 11.3 Å². The van der Waals surface area contributed by atoms with E-state index in [1.807, 2.05) is 6.92 Å². The molecule has 0 radical (unpaired) electrons. The Hall–Kier alpha value is -0.570. The molecule has 0 spiro atoms. The molecule has 0 fully saturated rings. The number of carbonyl (C=O) groups is 1. The van der Waals surface area contributed by atoms with E-state index in [9.17, 15) is 4.79 Å². The summed E-state index contributed by atoms with van der Waals surface area (Å²) in [6, 6.07) is 0. The van der Waals surface area contributed by atoms with Crippen molar-refractivity contribution in [2.45, 2.75) is 40.0 Å². The van der Waals surface area contributed by atoms with Crippen LogP contribution in [0.1, 0.15) is 40.0 Å². The van der Waals surface area contributed by atoms with Gasteiger partial charge in [0.1, 0.15) is 0 Å². The molecule has 0 bridgehead atoms. The zero-order chi connectivity index (χ0) is 10.5. The molecule has 1 atom stereocenters. The molecule has 0 aliphatic carbocycles. The Morgan fingerprint density at radius 3 is 2.31 bits per heavy atom. The number of nitrogens with two attached hydrogens (primary N) is 1. The lowest BCUT2D eigenvalue weighted by Gasteiger charge is -2.26. The van der Waals surface area contributed by atoms with Gasteiger partial charge in [-0.25, -0.2) is 0 Å². The largest absolute Gasteiger partial charge is 0.481 e. The minimum atomic E-state index is -0.752. The molecular weight excluding hydrogens is 166 g/mol. The van der Waals surface area contributed by atoms with Crippen LogP contribution in [0.4, 0.5) is 0 Å². The quantitative estimate of drug-likeness (QED) is 0.667. The van der Waals surface area contributed by atoms with Gasteiger partial charge in [0.05, 0.1) is 5.41 Å². The minimum Gasteiger partial charge on any atom is -0.481 e. The molecule has 0 saturated carbocycles. The van der Waals surface area contributed by atoms with Gasteiger partial charge in [-0.05, 0) is 25.2 Å². The maximum absolute atomic E-state index is 11.0. The standard InChI is InChI=1S/C10H21NO2/c1-4-10(7-11,9(12)13)6-5-8(2)3/h8H,4-7,11H2,1-3H3,(H,12,13). The fourth-order valence-electron chi connectivity index (χ4n) is 1.33. The molecule has 0 rings (SSSR count). The van der Waals surface area contributed by atoms with Crippen LogP contribution in [-0.2, 0) is 4.79 Å². The molecular formula is C10H21NO2. The van der Waals surface area contributed by atoms with Crippen molar-refractivity contribution >= 4 is 5.97 Å². The fourth-order valence-corrected chi connectivity index (χ4v) is 1.33. The van der Waals surface area contributed by atoms with Gasteiger partial charge in [-0.15, -0.1) is 0 Å². The molecule has 13 heavy (non-hydrogen) atoms. The van der Waals surface area contributed by atoms with Crippen LogP contribution in [0.5, 0.6) is 0 Å². The highest BCUT2D eigenvalue weighted by Crippen LogP contribution is 2.28. The van der Waals surface area contributed by atoms with Crippen molar-refractivity contribution in [1.29, 1.82) is 0 Å². The van der Waals surface area contributed by atoms with Crippen LogP contribution >= 0.6 is 0 Å². The summed E-state index contributed by atoms with van der Waals surface area (Å²) in [5.74, 6) is -0.213. The zero-order valence-corrected chi connectivity index (χ0v) is 8.84. The van der Waals surface area contributed by atoms with E-state index in [0.717, 1.165) is 6.42 Å². The smallest absolute Gasteiger partial charge is 0.310 e. The highest BCUT2D eigenvalue weighted by molar-refractivity contribution is 5.74. The summed E-state index contributed by atoms with van der Waals surface area (Å²) < 4.78 is 0. The van der Waals surface area contributed by atoms with Crippen LogP contribution in [-0.4, -0.2) is 17.6 Å². The maximum Gasteiger partial charge on any atom is 0.310 e. The number of aliphatic carboxylic acids is 1. The third-order valence-corrected chi connectivity index (χ3v) is 2.72. The number of rotatable bonds is 6. The van der Waals surface area contributed by atoms with Crippen LogP contribution in [0.3, 0.4) is 0 Å². The number of hydrogen-bond acceptors (Lipinski definition) is 2. The average Bonchev–Trinajstić information content (AvgIpc) is 2.06. The molecule has 78 valence electrons. The van der Waals surface area contributed by atoms with Crippen molar-refractivity contribution in [3.05, 3.63) is 0 Å². The molecule has 3 heteroatoms. The van der Waals surface area contributed by atoms with Crippen molar-refractivity contribution in [3.8, 4) is 0 Å². The lowest BCUT2D eigenvalue weighted by Crippen LogP contribution is -2.38. The summed E-state index contributed by atoms with van der Waals surface area (Å²) in [6.07, 6.45) is 2.23. The molecule has 0 aromatic rings. The molecule has 0 aromatic carbocycles. The predicted octanol–water partition coefficient (Wildman–Crippen LogP) is 1.86. The van der Waals surface area contributed by atoms with E-state index in [1.165, 1.54) is 0 Å². The number of carboxylic acids is 1. The van der Waals surface area contributed by atoms with Crippen LogP contribution in [0.2, 0.25) is 0 Å². The van der Waals surface area contributed by atoms with E-state index in [4.69, 9.17) is 10.8 Å². The maximum atomic E-state index is 11.0. The van der Waals surface area contributed by atoms with Crippen molar-refractivity contribution in [2.75, 3.05) is 6.54 Å². The molecule has 3 nitrogen and oxygen atoms in total. The SMILES string of the molecule is CCC(CN)(CCC(C)C)C(=O)O. The van der Waals surface area contributed by atoms with Crippen molar-refractivity contribution < 1.29 is 9.90 Å². The fraction of sp³-hybridized carbons (Fsp3) is 0.900. The van der Waals surface area contributed by atoms with Crippen molar-refractivity contribution in [2.24, 2.45) is 17.1 Å². The number of hydrogen-bond donors (Lipinski definition) is 2. The second-order valence-corrected chi connectivity index (χ2v) is 4.08. The summed E-state index contributed by atoms with van der Waals surface area (Å²) in [4.78, 5) is 11.0. The normalized spacial score (nSPS) is 15.8. The van der Waals surface area contributed by atoms with Gasteiger partial charge in [0.2, 0.25) is 0 Å². The molecule has 0 saturated heterocycles. The first-order chi connectivity index (χ1) is 5.98. The number of carboxylic acid groups (broad SMARTS) is 1. The van der Waals surface area contributed by atoms with E-state index in [2.05, 4.69) is 13.8 Å². The third-order valence-electron chi connectivity index (χ3n) is 2.72. The Bertz CT molecular complexity index is 162. The Labute approximate surface area is 80.3 Å². The van der Waals surface area contributed by atoms with Gasteiger partial charge in [0.15, 0.2) is 0 Å². The second-order valence-electron chi connectivity index (χ2n) is 4.08. The first-order valence-corrected chi connectivity index (χ1v) is 4.92. The van der Waals surface area contributed by atoms with Crippen LogP contribution < -0.4 is 5.73 Å². The van der Waals surface area contributed by atoms with E-state index in [0.29, 0.717) is 18.8 Å². The van der Waals surface area contributed by atoms with Gasteiger partial charge in [0.25, 0.3) is 0 Å². The van der Waals surface area contributed by atoms with Gasteiger partial charge in [-0.3, -0.25) is 4.79 Å². The Morgan fingerprint density at radius 1 is 1.54 bits per heavy atom. The first-order valence-electron chi connectivity index (χ1n) is 4.92. The molecule has 0 heterocycles. The summed E-state index contributed by atoms with van der Waals surface area (Å²) in [7, 11) is 0. The summed E-state index contributed by atoms with van der Waals surface area (Å²) in [5.41, 5.74) is 4.83. The molecule has 0 aromatic heterocycles. The summed E-state index contributed by atoms with van der Waals surface area (Å²) in [6.45, 7) is 6.32. The molecule has 0 amide bonds. The highest BCUT2D eigenvalue weighted by atomic mass is 16.4. The molecule has 0 aliphatic heterocycles. The highest BCUT2D eigenvalue weighted by Gasteiger charge is 2.34. The van der Waals surface area contributed by atoms with Crippen molar-refractivity contribution in [3.63, 3.8) is 0 Å². The Balaban J connectivity index is 4.31. The van der Waals surface area contributed by atoms with Gasteiger partial charge in [0, 0.05) is 6.54 Å². The second kappa shape index (κ2) is 5.22. The molecule has 3 N–H and O–H groups in total. The lowest BCUT2D eigenvalue weighted by molar-refractivity contribution is -0.149. The Kier molecular flexibility index (Phi) is 4.99. The van der Waals surface area contributed by atoms with E-state index < -0.39 is 11.4 Å². The molecule has 0 aliphatic rings. The van der Waals surface area contributed by atoms with E-state index in [-0.39, 0.29) is 6.54 Å². The van der Waals surface area contributed by atoms with E-state index in [1.54, 1.807) is 0 Å². The van der Waals surface area contributed by atoms with Gasteiger partial charge >= 0.3 is 5.97 Å². The average molecular weight is 187 g/mol. The lowest BCUT2D eigenvalue weighted by atomic mass is 9.79. The summed E-state index contributed by atoms with van der Waals surface area (Å²) >= 11 is 0. The topological polar surface area (TPSA) is 63.3 Å². The monoisotopic (exact) mass is 187 g/mol. The predicted molar refractivity (Wildman–Crippen MR) is 53.5 cm³/mol. The van der Waals surface area contributed by atoms with Crippen LogP contribution in [0.25, 0.3) is 0 Å². The van der Waals surface area contributed by atoms with Gasteiger partial charge in [-0.1, -0.05) is 20.8 Å². The van der Waals surface area contributed by atoms with Gasteiger partial charge < -0.3 is 10.8 Å². The minimum absolute atomic E-state index is 0.242. The van der Waals surface area contributed by atoms with Crippen LogP contribution in [0.15, 0.2) is 0 Å². The zero-order valence-electron chi connectivity index (χ0n) is 8.84. The summed E-state index contributed by atoms with van der Waals surface area (Å²) in [5, 5.41) is 9.06.